The monoisotopic (exact) mass is 401 g/mol. The first-order valence-electron chi connectivity index (χ1n) is 11.0. The average molecular weight is 402 g/mol. The van der Waals surface area contributed by atoms with Crippen molar-refractivity contribution in [1.82, 2.24) is 15.1 Å². The molecule has 154 valence electrons. The Kier molecular flexibility index (Phi) is 5.11. The van der Waals surface area contributed by atoms with Crippen molar-refractivity contribution in [1.29, 1.82) is 0 Å². The van der Waals surface area contributed by atoms with E-state index >= 15 is 0 Å². The highest BCUT2D eigenvalue weighted by Gasteiger charge is 2.24. The average Bonchev–Trinajstić information content (AvgIpc) is 3.18. The number of amides is 1. The number of nitrogens with one attached hydrogen (secondary N) is 1. The summed E-state index contributed by atoms with van der Waals surface area (Å²) in [7, 11) is 0. The Balaban J connectivity index is 1.39. The number of hydrogen-bond donors (Lipinski definition) is 1. The van der Waals surface area contributed by atoms with E-state index in [-0.39, 0.29) is 24.1 Å². The van der Waals surface area contributed by atoms with Gasteiger partial charge in [0.05, 0.1) is 11.1 Å². The van der Waals surface area contributed by atoms with Crippen molar-refractivity contribution in [3.63, 3.8) is 0 Å². The van der Waals surface area contributed by atoms with Crippen molar-refractivity contribution in [2.75, 3.05) is 0 Å². The SMILES string of the molecule is O=C(Cn1nc(C2CCCCC2)c2ccccc2c1=O)NC1Cc2ccccc2C1. The van der Waals surface area contributed by atoms with Gasteiger partial charge in [0.25, 0.3) is 5.56 Å². The number of carbonyl (C=O) groups is 1. The van der Waals surface area contributed by atoms with Gasteiger partial charge in [0, 0.05) is 17.3 Å². The first kappa shape index (κ1) is 19.0. The van der Waals surface area contributed by atoms with Gasteiger partial charge in [0.15, 0.2) is 0 Å². The third kappa shape index (κ3) is 3.64. The summed E-state index contributed by atoms with van der Waals surface area (Å²) in [6, 6.07) is 16.1. The summed E-state index contributed by atoms with van der Waals surface area (Å²) in [4.78, 5) is 25.8. The van der Waals surface area contributed by atoms with Gasteiger partial charge in [0.2, 0.25) is 5.91 Å². The minimum Gasteiger partial charge on any atom is -0.351 e. The van der Waals surface area contributed by atoms with Crippen LogP contribution in [0, 0.1) is 0 Å². The fourth-order valence-electron chi connectivity index (χ4n) is 5.12. The van der Waals surface area contributed by atoms with E-state index in [1.165, 1.54) is 35.1 Å². The lowest BCUT2D eigenvalue weighted by molar-refractivity contribution is -0.122. The van der Waals surface area contributed by atoms with Crippen LogP contribution in [0.3, 0.4) is 0 Å². The van der Waals surface area contributed by atoms with Crippen LogP contribution < -0.4 is 10.9 Å². The molecule has 0 atom stereocenters. The Morgan fingerprint density at radius 3 is 2.27 bits per heavy atom. The molecule has 1 saturated carbocycles. The van der Waals surface area contributed by atoms with Crippen LogP contribution in [0.2, 0.25) is 0 Å². The Morgan fingerprint density at radius 1 is 0.933 bits per heavy atom. The molecule has 0 saturated heterocycles. The van der Waals surface area contributed by atoms with Gasteiger partial charge in [-0.2, -0.15) is 5.10 Å². The highest BCUT2D eigenvalue weighted by molar-refractivity contribution is 5.84. The van der Waals surface area contributed by atoms with Crippen molar-refractivity contribution in [2.24, 2.45) is 0 Å². The Bertz CT molecular complexity index is 1120. The number of nitrogens with zero attached hydrogens (tertiary/aromatic N) is 2. The molecule has 2 aliphatic rings. The number of carbonyl (C=O) groups excluding carboxylic acids is 1. The molecule has 1 aromatic heterocycles. The van der Waals surface area contributed by atoms with E-state index in [0.29, 0.717) is 11.3 Å². The molecule has 0 aliphatic heterocycles. The summed E-state index contributed by atoms with van der Waals surface area (Å²) in [5.74, 6) is 0.218. The molecule has 0 spiro atoms. The number of hydrogen-bond acceptors (Lipinski definition) is 3. The van der Waals surface area contributed by atoms with Crippen LogP contribution in [0.15, 0.2) is 53.3 Å². The highest BCUT2D eigenvalue weighted by Crippen LogP contribution is 2.34. The van der Waals surface area contributed by atoms with E-state index in [1.807, 2.05) is 36.4 Å². The van der Waals surface area contributed by atoms with Gasteiger partial charge in [-0.1, -0.05) is 61.7 Å². The van der Waals surface area contributed by atoms with Crippen LogP contribution in [0.25, 0.3) is 10.8 Å². The molecular weight excluding hydrogens is 374 g/mol. The van der Waals surface area contributed by atoms with E-state index in [9.17, 15) is 9.59 Å². The van der Waals surface area contributed by atoms with Crippen molar-refractivity contribution in [3.05, 3.63) is 75.7 Å². The predicted molar refractivity (Wildman–Crippen MR) is 118 cm³/mol. The molecule has 1 heterocycles. The summed E-state index contributed by atoms with van der Waals surface area (Å²) < 4.78 is 1.38. The van der Waals surface area contributed by atoms with Crippen LogP contribution in [0.5, 0.6) is 0 Å². The summed E-state index contributed by atoms with van der Waals surface area (Å²) in [5.41, 5.74) is 3.38. The molecule has 2 aliphatic carbocycles. The van der Waals surface area contributed by atoms with Gasteiger partial charge >= 0.3 is 0 Å². The highest BCUT2D eigenvalue weighted by atomic mass is 16.2. The van der Waals surface area contributed by atoms with E-state index in [2.05, 4.69) is 17.4 Å². The zero-order chi connectivity index (χ0) is 20.5. The standard InChI is InChI=1S/C25H27N3O2/c29-23(26-20-14-18-10-4-5-11-19(18)15-20)16-28-25(30)22-13-7-6-12-21(22)24(27-28)17-8-2-1-3-9-17/h4-7,10-13,17,20H,1-3,8-9,14-16H2,(H,26,29). The molecule has 5 nitrogen and oxygen atoms in total. The van der Waals surface area contributed by atoms with Crippen LogP contribution >= 0.6 is 0 Å². The normalized spacial score (nSPS) is 17.2. The second-order valence-corrected chi connectivity index (χ2v) is 8.67. The van der Waals surface area contributed by atoms with E-state index in [1.54, 1.807) is 0 Å². The lowest BCUT2D eigenvalue weighted by Gasteiger charge is -2.23. The molecule has 0 bridgehead atoms. The Morgan fingerprint density at radius 2 is 1.57 bits per heavy atom. The fraction of sp³-hybridized carbons (Fsp3) is 0.400. The Hall–Kier alpha value is -2.95. The summed E-state index contributed by atoms with van der Waals surface area (Å²) in [6.07, 6.45) is 7.54. The van der Waals surface area contributed by atoms with E-state index in [0.717, 1.165) is 36.8 Å². The minimum atomic E-state index is -0.185. The maximum Gasteiger partial charge on any atom is 0.275 e. The lowest BCUT2D eigenvalue weighted by atomic mass is 9.85. The van der Waals surface area contributed by atoms with Crippen molar-refractivity contribution < 1.29 is 4.79 Å². The zero-order valence-electron chi connectivity index (χ0n) is 17.1. The molecule has 0 radical (unpaired) electrons. The maximum atomic E-state index is 13.0. The van der Waals surface area contributed by atoms with Crippen LogP contribution in [-0.4, -0.2) is 21.7 Å². The predicted octanol–water partition coefficient (Wildman–Crippen LogP) is 3.73. The number of fused-ring (bicyclic) bond motifs is 2. The molecule has 2 aromatic carbocycles. The molecule has 1 fully saturated rings. The second kappa shape index (κ2) is 8.05. The van der Waals surface area contributed by atoms with Gasteiger partial charge < -0.3 is 5.32 Å². The molecule has 5 heteroatoms. The third-order valence-electron chi connectivity index (χ3n) is 6.60. The van der Waals surface area contributed by atoms with Crippen molar-refractivity contribution in [3.8, 4) is 0 Å². The van der Waals surface area contributed by atoms with Crippen molar-refractivity contribution in [2.45, 2.75) is 63.5 Å². The smallest absolute Gasteiger partial charge is 0.275 e. The van der Waals surface area contributed by atoms with Crippen LogP contribution in [0.4, 0.5) is 0 Å². The first-order chi connectivity index (χ1) is 14.7. The zero-order valence-corrected chi connectivity index (χ0v) is 17.1. The molecule has 1 N–H and O–H groups in total. The second-order valence-electron chi connectivity index (χ2n) is 8.67. The summed E-state index contributed by atoms with van der Waals surface area (Å²) in [5, 5.41) is 9.43. The van der Waals surface area contributed by atoms with E-state index in [4.69, 9.17) is 5.10 Å². The van der Waals surface area contributed by atoms with Crippen LogP contribution in [-0.2, 0) is 24.2 Å². The van der Waals surface area contributed by atoms with Crippen molar-refractivity contribution >= 4 is 16.7 Å². The van der Waals surface area contributed by atoms with Gasteiger partial charge in [-0.05, 0) is 42.9 Å². The topological polar surface area (TPSA) is 64.0 Å². The van der Waals surface area contributed by atoms with Crippen LogP contribution in [0.1, 0.15) is 54.8 Å². The molecular formula is C25H27N3O2. The maximum absolute atomic E-state index is 13.0. The molecule has 30 heavy (non-hydrogen) atoms. The number of benzene rings is 2. The fourth-order valence-corrected chi connectivity index (χ4v) is 5.12. The summed E-state index contributed by atoms with van der Waals surface area (Å²) >= 11 is 0. The van der Waals surface area contributed by atoms with Gasteiger partial charge in [0.1, 0.15) is 6.54 Å². The van der Waals surface area contributed by atoms with Gasteiger partial charge in [-0.15, -0.1) is 0 Å². The molecule has 1 amide bonds. The molecule has 3 aromatic rings. The molecule has 0 unspecified atom stereocenters. The minimum absolute atomic E-state index is 0.0315. The van der Waals surface area contributed by atoms with E-state index < -0.39 is 0 Å². The number of aromatic nitrogens is 2. The third-order valence-corrected chi connectivity index (χ3v) is 6.60. The lowest BCUT2D eigenvalue weighted by Crippen LogP contribution is -2.40. The quantitative estimate of drug-likeness (QED) is 0.725. The van der Waals surface area contributed by atoms with Gasteiger partial charge in [-0.3, -0.25) is 9.59 Å². The first-order valence-corrected chi connectivity index (χ1v) is 11.0. The van der Waals surface area contributed by atoms with Gasteiger partial charge in [-0.25, -0.2) is 4.68 Å². The number of rotatable bonds is 4. The largest absolute Gasteiger partial charge is 0.351 e. The summed E-state index contributed by atoms with van der Waals surface area (Å²) in [6.45, 7) is -0.0315. The molecule has 5 rings (SSSR count). The Labute approximate surface area is 176 Å².